The second-order valence-electron chi connectivity index (χ2n) is 6.54. The van der Waals surface area contributed by atoms with Crippen LogP contribution in [0.3, 0.4) is 0 Å². The molecule has 0 aliphatic carbocycles. The van der Waals surface area contributed by atoms with Crippen molar-refractivity contribution < 1.29 is 0 Å². The lowest BCUT2D eigenvalue weighted by Crippen LogP contribution is -2.31. The Labute approximate surface area is 178 Å². The van der Waals surface area contributed by atoms with Crippen molar-refractivity contribution in [3.63, 3.8) is 0 Å². The Kier molecular flexibility index (Phi) is 6.50. The summed E-state index contributed by atoms with van der Waals surface area (Å²) in [6.07, 6.45) is 7.46. The van der Waals surface area contributed by atoms with E-state index >= 15 is 0 Å². The van der Waals surface area contributed by atoms with Crippen molar-refractivity contribution in [2.24, 2.45) is 0 Å². The van der Waals surface area contributed by atoms with Gasteiger partial charge in [-0.1, -0.05) is 0 Å². The standard InChI is InChI=1S/C18H25BrN8S/c1-5-26-13(3)14(7-21-26)10-25-11-15(8-20-25)23-18(28)24(4)12-17-16(19)9-22-27(17)6-2/h7-9,11H,5-6,10,12H2,1-4H3,(H,23,28). The molecule has 0 saturated carbocycles. The van der Waals surface area contributed by atoms with E-state index in [-0.39, 0.29) is 0 Å². The average molecular weight is 465 g/mol. The Morgan fingerprint density at radius 1 is 1.14 bits per heavy atom. The zero-order chi connectivity index (χ0) is 20.3. The van der Waals surface area contributed by atoms with Gasteiger partial charge in [0, 0.05) is 37.6 Å². The van der Waals surface area contributed by atoms with Crippen LogP contribution in [0.5, 0.6) is 0 Å². The zero-order valence-electron chi connectivity index (χ0n) is 16.6. The predicted octanol–water partition coefficient (Wildman–Crippen LogP) is 3.26. The van der Waals surface area contributed by atoms with Crippen LogP contribution in [0.2, 0.25) is 0 Å². The Bertz CT molecular complexity index is 957. The molecule has 0 atom stereocenters. The van der Waals surface area contributed by atoms with E-state index in [2.05, 4.69) is 57.3 Å². The van der Waals surface area contributed by atoms with Crippen LogP contribution in [0.25, 0.3) is 0 Å². The number of anilines is 1. The van der Waals surface area contributed by atoms with Gasteiger partial charge in [-0.25, -0.2) is 0 Å². The topological polar surface area (TPSA) is 68.7 Å². The molecule has 1 N–H and O–H groups in total. The molecular weight excluding hydrogens is 440 g/mol. The van der Waals surface area contributed by atoms with E-state index in [1.807, 2.05) is 44.6 Å². The molecule has 150 valence electrons. The van der Waals surface area contributed by atoms with Crippen molar-refractivity contribution in [2.75, 3.05) is 12.4 Å². The van der Waals surface area contributed by atoms with Crippen LogP contribution in [-0.2, 0) is 26.2 Å². The number of nitrogens with one attached hydrogen (secondary N) is 1. The molecule has 0 radical (unpaired) electrons. The van der Waals surface area contributed by atoms with Gasteiger partial charge in [-0.3, -0.25) is 14.0 Å². The van der Waals surface area contributed by atoms with Crippen molar-refractivity contribution in [3.05, 3.63) is 46.2 Å². The van der Waals surface area contributed by atoms with Crippen LogP contribution < -0.4 is 5.32 Å². The molecule has 0 aromatic carbocycles. The van der Waals surface area contributed by atoms with Gasteiger partial charge in [0.15, 0.2) is 5.11 Å². The summed E-state index contributed by atoms with van der Waals surface area (Å²) in [5.74, 6) is 0. The van der Waals surface area contributed by atoms with Crippen LogP contribution >= 0.6 is 28.1 Å². The molecule has 10 heteroatoms. The number of thiocarbonyl (C=S) groups is 1. The normalized spacial score (nSPS) is 11.0. The van der Waals surface area contributed by atoms with Gasteiger partial charge in [-0.2, -0.15) is 15.3 Å². The van der Waals surface area contributed by atoms with Crippen molar-refractivity contribution in [2.45, 2.75) is 47.0 Å². The predicted molar refractivity (Wildman–Crippen MR) is 117 cm³/mol. The first-order valence-corrected chi connectivity index (χ1v) is 10.4. The number of nitrogens with zero attached hydrogens (tertiary/aromatic N) is 7. The van der Waals surface area contributed by atoms with Gasteiger partial charge < -0.3 is 10.2 Å². The van der Waals surface area contributed by atoms with Crippen LogP contribution in [0.15, 0.2) is 29.3 Å². The molecule has 0 fully saturated rings. The highest BCUT2D eigenvalue weighted by molar-refractivity contribution is 9.10. The smallest absolute Gasteiger partial charge is 0.173 e. The van der Waals surface area contributed by atoms with E-state index in [4.69, 9.17) is 12.2 Å². The van der Waals surface area contributed by atoms with Crippen LogP contribution in [-0.4, -0.2) is 46.4 Å². The third kappa shape index (κ3) is 4.44. The molecule has 3 rings (SSSR count). The van der Waals surface area contributed by atoms with Crippen LogP contribution in [0.4, 0.5) is 5.69 Å². The van der Waals surface area contributed by atoms with Crippen molar-refractivity contribution in [3.8, 4) is 0 Å². The molecule has 0 amide bonds. The van der Waals surface area contributed by atoms with E-state index in [1.165, 1.54) is 5.69 Å². The molecule has 0 aliphatic rings. The monoisotopic (exact) mass is 464 g/mol. The molecular formula is C18H25BrN8S. The fourth-order valence-corrected chi connectivity index (χ4v) is 3.59. The summed E-state index contributed by atoms with van der Waals surface area (Å²) in [5.41, 5.74) is 4.28. The SMILES string of the molecule is CCn1ncc(Cn2cc(NC(=S)N(C)Cc3c(Br)cnn3CC)cn2)c1C. The van der Waals surface area contributed by atoms with Gasteiger partial charge >= 0.3 is 0 Å². The molecule has 3 heterocycles. The summed E-state index contributed by atoms with van der Waals surface area (Å²) in [7, 11) is 1.96. The van der Waals surface area contributed by atoms with Crippen LogP contribution in [0, 0.1) is 6.92 Å². The van der Waals surface area contributed by atoms with Gasteiger partial charge in [0.2, 0.25) is 0 Å². The summed E-state index contributed by atoms with van der Waals surface area (Å²) >= 11 is 9.11. The molecule has 8 nitrogen and oxygen atoms in total. The number of aryl methyl sites for hydroxylation is 2. The number of halogens is 1. The van der Waals surface area contributed by atoms with E-state index in [0.717, 1.165) is 34.5 Å². The average Bonchev–Trinajstić information content (AvgIpc) is 3.36. The van der Waals surface area contributed by atoms with Crippen molar-refractivity contribution in [1.82, 2.24) is 34.2 Å². The van der Waals surface area contributed by atoms with Crippen LogP contribution in [0.1, 0.15) is 30.8 Å². The number of hydrogen-bond acceptors (Lipinski definition) is 4. The molecule has 28 heavy (non-hydrogen) atoms. The fraction of sp³-hybridized carbons (Fsp3) is 0.444. The van der Waals surface area contributed by atoms with Gasteiger partial charge in [0.05, 0.1) is 47.5 Å². The quantitative estimate of drug-likeness (QED) is 0.541. The maximum absolute atomic E-state index is 5.55. The van der Waals surface area contributed by atoms with Gasteiger partial charge in [0.25, 0.3) is 0 Å². The summed E-state index contributed by atoms with van der Waals surface area (Å²) < 4.78 is 6.82. The maximum Gasteiger partial charge on any atom is 0.173 e. The van der Waals surface area contributed by atoms with Crippen molar-refractivity contribution in [1.29, 1.82) is 0 Å². The zero-order valence-corrected chi connectivity index (χ0v) is 19.0. The molecule has 0 aliphatic heterocycles. The molecule has 0 unspecified atom stereocenters. The fourth-order valence-electron chi connectivity index (χ4n) is 2.98. The molecule has 0 bridgehead atoms. The van der Waals surface area contributed by atoms with E-state index in [9.17, 15) is 0 Å². The molecule has 3 aromatic heterocycles. The van der Waals surface area contributed by atoms with Gasteiger partial charge in [-0.15, -0.1) is 0 Å². The Morgan fingerprint density at radius 2 is 1.86 bits per heavy atom. The minimum absolute atomic E-state index is 0.630. The maximum atomic E-state index is 5.55. The third-order valence-electron chi connectivity index (χ3n) is 4.65. The highest BCUT2D eigenvalue weighted by Gasteiger charge is 2.13. The summed E-state index contributed by atoms with van der Waals surface area (Å²) in [5, 5.41) is 17.1. The Hall–Kier alpha value is -2.20. The lowest BCUT2D eigenvalue weighted by molar-refractivity contribution is 0.470. The highest BCUT2D eigenvalue weighted by atomic mass is 79.9. The largest absolute Gasteiger partial charge is 0.346 e. The third-order valence-corrected chi connectivity index (χ3v) is 5.73. The Balaban J connectivity index is 1.61. The van der Waals surface area contributed by atoms with Gasteiger partial charge in [0.1, 0.15) is 0 Å². The second-order valence-corrected chi connectivity index (χ2v) is 7.78. The number of hydrogen-bond donors (Lipinski definition) is 1. The second kappa shape index (κ2) is 8.87. The first kappa shape index (κ1) is 20.5. The van der Waals surface area contributed by atoms with E-state index in [1.54, 1.807) is 6.20 Å². The summed E-state index contributed by atoms with van der Waals surface area (Å²) in [4.78, 5) is 1.98. The lowest BCUT2D eigenvalue weighted by atomic mass is 10.2. The van der Waals surface area contributed by atoms with E-state index < -0.39 is 0 Å². The summed E-state index contributed by atoms with van der Waals surface area (Å²) in [6.45, 7) is 9.25. The van der Waals surface area contributed by atoms with Crippen molar-refractivity contribution >= 4 is 38.9 Å². The number of aromatic nitrogens is 6. The highest BCUT2D eigenvalue weighted by Crippen LogP contribution is 2.18. The lowest BCUT2D eigenvalue weighted by Gasteiger charge is -2.21. The first-order chi connectivity index (χ1) is 13.4. The van der Waals surface area contributed by atoms with Gasteiger partial charge in [-0.05, 0) is 48.9 Å². The molecule has 0 saturated heterocycles. The summed E-state index contributed by atoms with van der Waals surface area (Å²) in [6, 6.07) is 0. The number of rotatable bonds is 7. The molecule has 3 aromatic rings. The first-order valence-electron chi connectivity index (χ1n) is 9.18. The molecule has 0 spiro atoms. The van der Waals surface area contributed by atoms with E-state index in [0.29, 0.717) is 18.2 Å². The minimum atomic E-state index is 0.630. The Morgan fingerprint density at radius 3 is 2.54 bits per heavy atom. The minimum Gasteiger partial charge on any atom is -0.346 e.